The lowest BCUT2D eigenvalue weighted by Gasteiger charge is -2.09. The van der Waals surface area contributed by atoms with Crippen LogP contribution in [0, 0.1) is 6.54 Å². The molecule has 1 rings (SSSR count). The maximum atomic E-state index is 10.8. The van der Waals surface area contributed by atoms with E-state index in [0.29, 0.717) is 6.42 Å². The van der Waals surface area contributed by atoms with Gasteiger partial charge < -0.3 is 5.11 Å². The molecule has 1 heterocycles. The molecule has 1 unspecified atom stereocenters. The number of nitrogens with zero attached hydrogens (tertiary/aromatic N) is 1. The van der Waals surface area contributed by atoms with Gasteiger partial charge in [-0.3, -0.25) is 0 Å². The van der Waals surface area contributed by atoms with Crippen LogP contribution in [0.3, 0.4) is 0 Å². The predicted octanol–water partition coefficient (Wildman–Crippen LogP) is -0.826. The Hall–Kier alpha value is -0.130. The Labute approximate surface area is 60.5 Å². The molecule has 1 radical (unpaired) electrons. The van der Waals surface area contributed by atoms with E-state index in [9.17, 15) is 8.42 Å². The molecule has 4 nitrogen and oxygen atoms in total. The second-order valence-electron chi connectivity index (χ2n) is 2.40. The summed E-state index contributed by atoms with van der Waals surface area (Å²) in [6, 6.07) is 0. The molecule has 0 aromatic heterocycles. The smallest absolute Gasteiger partial charge is 0.211 e. The van der Waals surface area contributed by atoms with Crippen LogP contribution >= 0.6 is 0 Å². The molecule has 1 aliphatic rings. The van der Waals surface area contributed by atoms with Crippen LogP contribution in [0.5, 0.6) is 0 Å². The first-order valence-corrected chi connectivity index (χ1v) is 4.83. The predicted molar refractivity (Wildman–Crippen MR) is 36.5 cm³/mol. The third-order valence-corrected chi connectivity index (χ3v) is 2.55. The van der Waals surface area contributed by atoms with Gasteiger partial charge in [-0.1, -0.05) is 0 Å². The maximum Gasteiger partial charge on any atom is 0.211 e. The molecule has 0 bridgehead atoms. The standard InChI is InChI=1S/C5H10NO3S/c1-10(8,9)6-3-2-5(7)4-6/h3,5,7H,2,4H2,1H3. The van der Waals surface area contributed by atoms with Crippen LogP contribution in [0.4, 0.5) is 0 Å². The minimum Gasteiger partial charge on any atom is -0.392 e. The van der Waals surface area contributed by atoms with Gasteiger partial charge in [-0.25, -0.2) is 8.42 Å². The quantitative estimate of drug-likeness (QED) is 0.550. The van der Waals surface area contributed by atoms with Crippen molar-refractivity contribution >= 4 is 10.0 Å². The van der Waals surface area contributed by atoms with Crippen molar-refractivity contribution in [3.63, 3.8) is 0 Å². The molecule has 1 fully saturated rings. The zero-order valence-electron chi connectivity index (χ0n) is 5.69. The normalized spacial score (nSPS) is 29.2. The minimum atomic E-state index is -3.12. The van der Waals surface area contributed by atoms with E-state index in [-0.39, 0.29) is 6.54 Å². The van der Waals surface area contributed by atoms with E-state index < -0.39 is 16.1 Å². The average Bonchev–Trinajstić information content (AvgIpc) is 2.11. The summed E-state index contributed by atoms with van der Waals surface area (Å²) >= 11 is 0. The van der Waals surface area contributed by atoms with Crippen molar-refractivity contribution in [2.75, 3.05) is 12.8 Å². The lowest BCUT2D eigenvalue weighted by Crippen LogP contribution is -2.26. The highest BCUT2D eigenvalue weighted by Gasteiger charge is 2.27. The van der Waals surface area contributed by atoms with Crippen molar-refractivity contribution in [1.29, 1.82) is 0 Å². The molecule has 0 saturated carbocycles. The second-order valence-corrected chi connectivity index (χ2v) is 4.34. The summed E-state index contributed by atoms with van der Waals surface area (Å²) in [5, 5.41) is 8.93. The number of sulfonamides is 1. The summed E-state index contributed by atoms with van der Waals surface area (Å²) in [6.07, 6.45) is 1.05. The maximum absolute atomic E-state index is 10.8. The summed E-state index contributed by atoms with van der Waals surface area (Å²) < 4.78 is 22.7. The lowest BCUT2D eigenvalue weighted by atomic mass is 10.3. The fourth-order valence-corrected chi connectivity index (χ4v) is 1.67. The molecular weight excluding hydrogens is 154 g/mol. The molecule has 1 saturated heterocycles. The lowest BCUT2D eigenvalue weighted by molar-refractivity contribution is 0.189. The number of hydrogen-bond acceptors (Lipinski definition) is 3. The third-order valence-electron chi connectivity index (χ3n) is 1.40. The number of β-amino-alcohol motifs (C(OH)–C–C–N with tert-alkyl or cyclic N) is 1. The molecule has 10 heavy (non-hydrogen) atoms. The first kappa shape index (κ1) is 7.97. The van der Waals surface area contributed by atoms with E-state index in [1.54, 1.807) is 0 Å². The van der Waals surface area contributed by atoms with Crippen LogP contribution in [-0.4, -0.2) is 36.7 Å². The topological polar surface area (TPSA) is 57.6 Å². The molecule has 0 aromatic rings. The monoisotopic (exact) mass is 164 g/mol. The van der Waals surface area contributed by atoms with Crippen LogP contribution < -0.4 is 0 Å². The van der Waals surface area contributed by atoms with Crippen LogP contribution in [0.2, 0.25) is 0 Å². The van der Waals surface area contributed by atoms with E-state index in [0.717, 1.165) is 10.6 Å². The summed E-state index contributed by atoms with van der Waals surface area (Å²) in [6.45, 7) is 1.71. The Balaban J connectivity index is 2.62. The third kappa shape index (κ3) is 1.68. The highest BCUT2D eigenvalue weighted by Crippen LogP contribution is 2.15. The molecule has 1 N–H and O–H groups in total. The van der Waals surface area contributed by atoms with E-state index in [2.05, 4.69) is 0 Å². The minimum absolute atomic E-state index is 0.207. The first-order valence-electron chi connectivity index (χ1n) is 2.98. The van der Waals surface area contributed by atoms with Crippen LogP contribution in [0.15, 0.2) is 0 Å². The summed E-state index contributed by atoms with van der Waals surface area (Å²) in [5.41, 5.74) is 0. The molecule has 0 spiro atoms. The van der Waals surface area contributed by atoms with Crippen LogP contribution in [0.25, 0.3) is 0 Å². The van der Waals surface area contributed by atoms with Crippen molar-refractivity contribution in [1.82, 2.24) is 4.31 Å². The molecule has 5 heteroatoms. The van der Waals surface area contributed by atoms with Crippen molar-refractivity contribution < 1.29 is 13.5 Å². The summed E-state index contributed by atoms with van der Waals surface area (Å²) in [5.74, 6) is 0. The van der Waals surface area contributed by atoms with Gasteiger partial charge in [0, 0.05) is 13.1 Å². The number of aliphatic hydroxyl groups is 1. The first-order chi connectivity index (χ1) is 4.50. The van der Waals surface area contributed by atoms with Crippen molar-refractivity contribution in [3.05, 3.63) is 6.54 Å². The van der Waals surface area contributed by atoms with Gasteiger partial charge in [-0.2, -0.15) is 4.31 Å². The van der Waals surface area contributed by atoms with Crippen LogP contribution in [-0.2, 0) is 10.0 Å². The van der Waals surface area contributed by atoms with Crippen molar-refractivity contribution in [2.24, 2.45) is 0 Å². The average molecular weight is 164 g/mol. The second kappa shape index (κ2) is 2.48. The van der Waals surface area contributed by atoms with Gasteiger partial charge in [0.05, 0.1) is 12.4 Å². The zero-order valence-corrected chi connectivity index (χ0v) is 6.50. The fourth-order valence-electron chi connectivity index (χ4n) is 0.867. The Kier molecular flexibility index (Phi) is 1.98. The van der Waals surface area contributed by atoms with Gasteiger partial charge in [-0.15, -0.1) is 0 Å². The van der Waals surface area contributed by atoms with Crippen molar-refractivity contribution in [3.8, 4) is 0 Å². The Morgan fingerprint density at radius 1 is 1.70 bits per heavy atom. The van der Waals surface area contributed by atoms with Crippen molar-refractivity contribution in [2.45, 2.75) is 12.5 Å². The highest BCUT2D eigenvalue weighted by molar-refractivity contribution is 7.88. The molecule has 1 aliphatic heterocycles. The number of hydrogen-bond donors (Lipinski definition) is 1. The van der Waals surface area contributed by atoms with Gasteiger partial charge >= 0.3 is 0 Å². The Morgan fingerprint density at radius 3 is 2.50 bits per heavy atom. The van der Waals surface area contributed by atoms with Gasteiger partial charge in [0.15, 0.2) is 0 Å². The largest absolute Gasteiger partial charge is 0.392 e. The van der Waals surface area contributed by atoms with Gasteiger partial charge in [0.1, 0.15) is 0 Å². The summed E-state index contributed by atoms with van der Waals surface area (Å²) in [7, 11) is -3.12. The molecular formula is C5H10NO3S. The molecule has 0 aliphatic carbocycles. The number of rotatable bonds is 1. The van der Waals surface area contributed by atoms with E-state index in [1.807, 2.05) is 0 Å². The van der Waals surface area contributed by atoms with E-state index in [4.69, 9.17) is 5.11 Å². The van der Waals surface area contributed by atoms with Gasteiger partial charge in [0.25, 0.3) is 0 Å². The van der Waals surface area contributed by atoms with Gasteiger partial charge in [-0.05, 0) is 6.42 Å². The highest BCUT2D eigenvalue weighted by atomic mass is 32.2. The SMILES string of the molecule is CS(=O)(=O)N1[CH]CC(O)C1. The van der Waals surface area contributed by atoms with Crippen LogP contribution in [0.1, 0.15) is 6.42 Å². The number of aliphatic hydroxyl groups excluding tert-OH is 1. The molecule has 0 amide bonds. The molecule has 1 atom stereocenters. The zero-order chi connectivity index (χ0) is 7.78. The van der Waals surface area contributed by atoms with Gasteiger partial charge in [0.2, 0.25) is 10.0 Å². The Morgan fingerprint density at radius 2 is 2.30 bits per heavy atom. The van der Waals surface area contributed by atoms with E-state index >= 15 is 0 Å². The molecule has 59 valence electrons. The Bertz CT molecular complexity index is 211. The van der Waals surface area contributed by atoms with E-state index in [1.165, 1.54) is 6.54 Å². The summed E-state index contributed by atoms with van der Waals surface area (Å²) in [4.78, 5) is 0. The fraction of sp³-hybridized carbons (Fsp3) is 0.800. The molecule has 0 aromatic carbocycles.